The summed E-state index contributed by atoms with van der Waals surface area (Å²) in [5, 5.41) is 10.6. The Bertz CT molecular complexity index is 674. The van der Waals surface area contributed by atoms with Gasteiger partial charge in [-0.15, -0.1) is 0 Å². The van der Waals surface area contributed by atoms with Crippen molar-refractivity contribution in [3.05, 3.63) is 71.8 Å². The van der Waals surface area contributed by atoms with Gasteiger partial charge in [0, 0.05) is 6.54 Å². The van der Waals surface area contributed by atoms with Gasteiger partial charge >= 0.3 is 0 Å². The number of primary amides is 1. The van der Waals surface area contributed by atoms with Crippen molar-refractivity contribution in [1.82, 2.24) is 5.06 Å². The van der Waals surface area contributed by atoms with Crippen molar-refractivity contribution in [2.45, 2.75) is 25.7 Å². The lowest BCUT2D eigenvalue weighted by molar-refractivity contribution is -0.171. The molecule has 0 radical (unpaired) electrons. The van der Waals surface area contributed by atoms with E-state index in [2.05, 4.69) is 0 Å². The lowest BCUT2D eigenvalue weighted by atomic mass is 9.97. The summed E-state index contributed by atoms with van der Waals surface area (Å²) < 4.78 is 0. The van der Waals surface area contributed by atoms with Crippen LogP contribution in [0.25, 0.3) is 0 Å². The van der Waals surface area contributed by atoms with Crippen molar-refractivity contribution in [1.29, 1.82) is 0 Å². The van der Waals surface area contributed by atoms with Crippen molar-refractivity contribution in [3.63, 3.8) is 0 Å². The zero-order chi connectivity index (χ0) is 18.1. The summed E-state index contributed by atoms with van der Waals surface area (Å²) in [5.41, 5.74) is 7.52. The number of benzene rings is 2. The van der Waals surface area contributed by atoms with Gasteiger partial charge in [-0.2, -0.15) is 0 Å². The minimum atomic E-state index is -1.01. The molecule has 1 unspecified atom stereocenters. The fraction of sp³-hybridized carbons (Fsp3) is 0.300. The molecule has 0 aliphatic heterocycles. The zero-order valence-electron chi connectivity index (χ0n) is 14.2. The van der Waals surface area contributed by atoms with E-state index in [1.165, 1.54) is 0 Å². The summed E-state index contributed by atoms with van der Waals surface area (Å²) in [4.78, 5) is 23.9. The van der Waals surface area contributed by atoms with E-state index in [1.54, 1.807) is 0 Å². The molecule has 0 fully saturated rings. The first kappa shape index (κ1) is 18.7. The summed E-state index contributed by atoms with van der Waals surface area (Å²) in [5.74, 6) is -2.35. The van der Waals surface area contributed by atoms with Gasteiger partial charge in [-0.05, 0) is 36.8 Å². The largest absolute Gasteiger partial charge is 0.369 e. The maximum atomic E-state index is 12.3. The Kier molecular flexibility index (Phi) is 7.16. The molecule has 0 spiro atoms. The minimum Gasteiger partial charge on any atom is -0.369 e. The van der Waals surface area contributed by atoms with Crippen LogP contribution in [0.3, 0.4) is 0 Å². The zero-order valence-corrected chi connectivity index (χ0v) is 14.2. The fourth-order valence-corrected chi connectivity index (χ4v) is 2.71. The molecule has 0 bridgehead atoms. The Labute approximate surface area is 148 Å². The van der Waals surface area contributed by atoms with Crippen LogP contribution in [0.15, 0.2) is 60.7 Å². The van der Waals surface area contributed by atoms with Gasteiger partial charge in [0.05, 0.1) is 0 Å². The molecule has 5 nitrogen and oxygen atoms in total. The maximum absolute atomic E-state index is 12.3. The SMILES string of the molecule is NC(=O)C(CCc1ccccc1)C(=O)N(O)CCCc1ccccc1. The predicted octanol–water partition coefficient (Wildman–Crippen LogP) is 2.57. The van der Waals surface area contributed by atoms with Crippen LogP contribution in [0.2, 0.25) is 0 Å². The normalized spacial score (nSPS) is 11.7. The summed E-state index contributed by atoms with van der Waals surface area (Å²) in [6.45, 7) is 0.169. The number of rotatable bonds is 9. The van der Waals surface area contributed by atoms with Crippen LogP contribution in [-0.2, 0) is 22.4 Å². The van der Waals surface area contributed by atoms with Crippen LogP contribution >= 0.6 is 0 Å². The number of carbonyl (C=O) groups is 2. The smallest absolute Gasteiger partial charge is 0.258 e. The second-order valence-electron chi connectivity index (χ2n) is 6.03. The van der Waals surface area contributed by atoms with Gasteiger partial charge < -0.3 is 5.73 Å². The van der Waals surface area contributed by atoms with Gasteiger partial charge in [0.2, 0.25) is 5.91 Å². The van der Waals surface area contributed by atoms with E-state index in [9.17, 15) is 14.8 Å². The molecule has 2 aromatic carbocycles. The van der Waals surface area contributed by atoms with Crippen molar-refractivity contribution in [3.8, 4) is 0 Å². The third-order valence-electron chi connectivity index (χ3n) is 4.14. The summed E-state index contributed by atoms with van der Waals surface area (Å²) in [6, 6.07) is 19.4. The van der Waals surface area contributed by atoms with Gasteiger partial charge in [-0.3, -0.25) is 14.8 Å². The molecule has 0 saturated heterocycles. The molecule has 132 valence electrons. The standard InChI is InChI=1S/C20H24N2O3/c21-19(23)18(14-13-17-10-5-2-6-11-17)20(24)22(25)15-7-12-16-8-3-1-4-9-16/h1-6,8-11,18,25H,7,12-15H2,(H2,21,23). The number of nitrogens with two attached hydrogens (primary N) is 1. The number of hydrogen-bond acceptors (Lipinski definition) is 3. The van der Waals surface area contributed by atoms with E-state index < -0.39 is 17.7 Å². The highest BCUT2D eigenvalue weighted by Gasteiger charge is 2.28. The second-order valence-corrected chi connectivity index (χ2v) is 6.03. The van der Waals surface area contributed by atoms with Crippen LogP contribution in [0.1, 0.15) is 24.0 Å². The molecule has 0 heterocycles. The van der Waals surface area contributed by atoms with Crippen LogP contribution in [-0.4, -0.2) is 28.6 Å². The number of amides is 2. The Morgan fingerprint density at radius 1 is 0.920 bits per heavy atom. The highest BCUT2D eigenvalue weighted by atomic mass is 16.5. The third-order valence-corrected chi connectivity index (χ3v) is 4.14. The van der Waals surface area contributed by atoms with E-state index in [1.807, 2.05) is 60.7 Å². The van der Waals surface area contributed by atoms with Gasteiger partial charge in [-0.1, -0.05) is 60.7 Å². The highest BCUT2D eigenvalue weighted by molar-refractivity contribution is 5.99. The van der Waals surface area contributed by atoms with E-state index in [-0.39, 0.29) is 13.0 Å². The lowest BCUT2D eigenvalue weighted by Gasteiger charge is -2.20. The molecule has 0 saturated carbocycles. The van der Waals surface area contributed by atoms with Gasteiger partial charge in [-0.25, -0.2) is 5.06 Å². The molecule has 0 aromatic heterocycles. The number of carbonyl (C=O) groups excluding carboxylic acids is 2. The van der Waals surface area contributed by atoms with E-state index in [0.29, 0.717) is 17.9 Å². The molecular formula is C20H24N2O3. The first-order valence-electron chi connectivity index (χ1n) is 8.45. The molecule has 25 heavy (non-hydrogen) atoms. The topological polar surface area (TPSA) is 83.6 Å². The average Bonchev–Trinajstić information content (AvgIpc) is 2.63. The number of hydrogen-bond donors (Lipinski definition) is 2. The third kappa shape index (κ3) is 6.04. The van der Waals surface area contributed by atoms with Crippen molar-refractivity contribution in [2.75, 3.05) is 6.54 Å². The molecule has 0 aliphatic rings. The first-order chi connectivity index (χ1) is 12.1. The summed E-state index contributed by atoms with van der Waals surface area (Å²) in [6.07, 6.45) is 2.19. The van der Waals surface area contributed by atoms with Crippen molar-refractivity contribution in [2.24, 2.45) is 11.7 Å². The fourth-order valence-electron chi connectivity index (χ4n) is 2.71. The van der Waals surface area contributed by atoms with Gasteiger partial charge in [0.1, 0.15) is 5.92 Å². The van der Waals surface area contributed by atoms with Crippen LogP contribution < -0.4 is 5.73 Å². The monoisotopic (exact) mass is 340 g/mol. The van der Waals surface area contributed by atoms with Crippen LogP contribution in [0.5, 0.6) is 0 Å². The maximum Gasteiger partial charge on any atom is 0.258 e. The van der Waals surface area contributed by atoms with Gasteiger partial charge in [0.15, 0.2) is 0 Å². The lowest BCUT2D eigenvalue weighted by Crippen LogP contribution is -2.41. The van der Waals surface area contributed by atoms with Crippen LogP contribution in [0.4, 0.5) is 0 Å². The molecule has 0 aliphatic carbocycles. The molecule has 1 atom stereocenters. The molecule has 2 aromatic rings. The average molecular weight is 340 g/mol. The molecular weight excluding hydrogens is 316 g/mol. The molecule has 2 amide bonds. The van der Waals surface area contributed by atoms with Gasteiger partial charge in [0.25, 0.3) is 5.91 Å². The second kappa shape index (κ2) is 9.59. The quantitative estimate of drug-likeness (QED) is 0.418. The Morgan fingerprint density at radius 2 is 1.44 bits per heavy atom. The van der Waals surface area contributed by atoms with Crippen molar-refractivity contribution >= 4 is 11.8 Å². The Morgan fingerprint density at radius 3 is 1.96 bits per heavy atom. The molecule has 5 heteroatoms. The van der Waals surface area contributed by atoms with Crippen molar-refractivity contribution < 1.29 is 14.8 Å². The molecule has 3 N–H and O–H groups in total. The summed E-state index contributed by atoms with van der Waals surface area (Å²) in [7, 11) is 0. The molecule has 2 rings (SSSR count). The first-order valence-corrected chi connectivity index (χ1v) is 8.45. The predicted molar refractivity (Wildman–Crippen MR) is 95.7 cm³/mol. The number of aryl methyl sites for hydroxylation is 2. The van der Waals surface area contributed by atoms with Crippen LogP contribution in [0, 0.1) is 5.92 Å². The summed E-state index contributed by atoms with van der Waals surface area (Å²) >= 11 is 0. The Balaban J connectivity index is 1.84. The number of nitrogens with zero attached hydrogens (tertiary/aromatic N) is 1. The number of hydroxylamine groups is 2. The van der Waals surface area contributed by atoms with E-state index in [0.717, 1.165) is 17.5 Å². The Hall–Kier alpha value is -2.66. The minimum absolute atomic E-state index is 0.169. The van der Waals surface area contributed by atoms with E-state index >= 15 is 0 Å². The van der Waals surface area contributed by atoms with E-state index in [4.69, 9.17) is 5.73 Å². The highest BCUT2D eigenvalue weighted by Crippen LogP contribution is 2.13.